The number of aromatic nitrogens is 3. The van der Waals surface area contributed by atoms with Gasteiger partial charge >= 0.3 is 0 Å². The fraction of sp³-hybridized carbons (Fsp3) is 0.211. The zero-order valence-corrected chi connectivity index (χ0v) is 15.3. The molecule has 0 aliphatic carbocycles. The Balaban J connectivity index is 0.000000640. The number of nitrogens with zero attached hydrogens (tertiary/aromatic N) is 3. The number of aliphatic hydroxyl groups excluding tert-OH is 2. The van der Waals surface area contributed by atoms with Crippen LogP contribution in [0.2, 0.25) is 0 Å². The first-order valence-corrected chi connectivity index (χ1v) is 8.40. The molecule has 0 radical (unpaired) electrons. The Bertz CT molecular complexity index is 1060. The number of hydrogen-bond donors (Lipinski definition) is 5. The lowest BCUT2D eigenvalue weighted by molar-refractivity contribution is 0.186. The van der Waals surface area contributed by atoms with Gasteiger partial charge in [-0.1, -0.05) is 6.07 Å². The van der Waals surface area contributed by atoms with Crippen LogP contribution in [-0.4, -0.2) is 49.7 Å². The molecular formula is C19H21FN6O2. The molecule has 146 valence electrons. The van der Waals surface area contributed by atoms with Crippen molar-refractivity contribution in [3.05, 3.63) is 65.2 Å². The molecule has 5 N–H and O–H groups in total. The maximum atomic E-state index is 14.3. The van der Waals surface area contributed by atoms with Crippen molar-refractivity contribution in [3.8, 4) is 0 Å². The Morgan fingerprint density at radius 3 is 2.50 bits per heavy atom. The van der Waals surface area contributed by atoms with Gasteiger partial charge in [0, 0.05) is 24.1 Å². The van der Waals surface area contributed by atoms with E-state index >= 15 is 0 Å². The van der Waals surface area contributed by atoms with Crippen molar-refractivity contribution in [3.63, 3.8) is 0 Å². The number of fused-ring (bicyclic) bond motifs is 1. The smallest absolute Gasteiger partial charge is 0.148 e. The van der Waals surface area contributed by atoms with E-state index < -0.39 is 5.82 Å². The van der Waals surface area contributed by atoms with Crippen molar-refractivity contribution in [2.75, 3.05) is 13.2 Å². The minimum absolute atomic E-state index is 0.00728. The van der Waals surface area contributed by atoms with Crippen LogP contribution in [0.3, 0.4) is 0 Å². The van der Waals surface area contributed by atoms with Crippen molar-refractivity contribution in [2.45, 2.75) is 13.3 Å². The molecule has 0 amide bonds. The number of nitrogens with one attached hydrogen (secondary N) is 3. The molecule has 0 fully saturated rings. The average molecular weight is 384 g/mol. The lowest BCUT2D eigenvalue weighted by Crippen LogP contribution is -2.31. The zero-order valence-electron chi connectivity index (χ0n) is 15.3. The second-order valence-electron chi connectivity index (χ2n) is 5.85. The van der Waals surface area contributed by atoms with E-state index in [0.717, 1.165) is 10.1 Å². The molecular weight excluding hydrogens is 363 g/mol. The first-order chi connectivity index (χ1) is 13.4. The molecule has 0 atom stereocenters. The largest absolute Gasteiger partial charge is 0.394 e. The van der Waals surface area contributed by atoms with Gasteiger partial charge in [-0.3, -0.25) is 15.8 Å². The fourth-order valence-electron chi connectivity index (χ4n) is 2.36. The maximum absolute atomic E-state index is 14.3. The fourth-order valence-corrected chi connectivity index (χ4v) is 2.36. The van der Waals surface area contributed by atoms with Gasteiger partial charge in [-0.25, -0.2) is 9.07 Å². The summed E-state index contributed by atoms with van der Waals surface area (Å²) < 4.78 is 15.4. The van der Waals surface area contributed by atoms with Gasteiger partial charge in [-0.05, 0) is 36.8 Å². The number of rotatable bonds is 4. The molecule has 0 saturated heterocycles. The van der Waals surface area contributed by atoms with Gasteiger partial charge < -0.3 is 15.6 Å². The summed E-state index contributed by atoms with van der Waals surface area (Å²) in [7, 11) is 0. The van der Waals surface area contributed by atoms with E-state index in [1.54, 1.807) is 31.3 Å². The van der Waals surface area contributed by atoms with Crippen LogP contribution in [-0.2, 0) is 6.42 Å². The van der Waals surface area contributed by atoms with E-state index in [0.29, 0.717) is 16.8 Å². The Kier molecular flexibility index (Phi) is 7.19. The Hall–Kier alpha value is -3.30. The molecule has 0 aliphatic rings. The standard InChI is InChI=1S/C17H15FN6.C2H6O2/c1-10(19)14-4-5-16(20)24(23-14)17(21)8-12-7-11-3-2-6-22-15(11)9-13(12)18;3-1-2-4/h2-7,9,19-21H,8H2,1H3;3-4H,1-2H2. The molecule has 1 aromatic carbocycles. The van der Waals surface area contributed by atoms with Gasteiger partial charge in [0.05, 0.1) is 24.4 Å². The number of benzene rings is 1. The van der Waals surface area contributed by atoms with E-state index in [9.17, 15) is 4.39 Å². The van der Waals surface area contributed by atoms with Crippen molar-refractivity contribution < 1.29 is 14.6 Å². The van der Waals surface area contributed by atoms with Crippen molar-refractivity contribution >= 4 is 22.5 Å². The average Bonchev–Trinajstić information content (AvgIpc) is 2.68. The van der Waals surface area contributed by atoms with E-state index in [-0.39, 0.29) is 36.7 Å². The van der Waals surface area contributed by atoms with Gasteiger partial charge in [-0.2, -0.15) is 5.10 Å². The van der Waals surface area contributed by atoms with Crippen LogP contribution >= 0.6 is 0 Å². The summed E-state index contributed by atoms with van der Waals surface area (Å²) in [5, 5.41) is 43.8. The Morgan fingerprint density at radius 1 is 1.14 bits per heavy atom. The third kappa shape index (κ3) is 5.12. The van der Waals surface area contributed by atoms with E-state index in [1.165, 1.54) is 12.1 Å². The summed E-state index contributed by atoms with van der Waals surface area (Å²) in [5.41, 5.74) is 1.51. The van der Waals surface area contributed by atoms with Gasteiger partial charge in [0.2, 0.25) is 0 Å². The molecule has 0 spiro atoms. The Labute approximate surface area is 160 Å². The second-order valence-corrected chi connectivity index (χ2v) is 5.85. The highest BCUT2D eigenvalue weighted by molar-refractivity contribution is 5.94. The van der Waals surface area contributed by atoms with Crippen LogP contribution < -0.4 is 5.49 Å². The van der Waals surface area contributed by atoms with Gasteiger partial charge in [0.25, 0.3) is 0 Å². The summed E-state index contributed by atoms with van der Waals surface area (Å²) in [6, 6.07) is 9.61. The van der Waals surface area contributed by atoms with Crippen LogP contribution in [0.1, 0.15) is 18.2 Å². The highest BCUT2D eigenvalue weighted by Gasteiger charge is 2.11. The summed E-state index contributed by atoms with van der Waals surface area (Å²) in [4.78, 5) is 4.10. The van der Waals surface area contributed by atoms with Crippen molar-refractivity contribution in [1.29, 1.82) is 16.2 Å². The minimum Gasteiger partial charge on any atom is -0.394 e. The molecule has 2 aromatic heterocycles. The molecule has 3 rings (SSSR count). The van der Waals surface area contributed by atoms with E-state index in [2.05, 4.69) is 10.1 Å². The first kappa shape index (κ1) is 21.0. The zero-order chi connectivity index (χ0) is 20.7. The van der Waals surface area contributed by atoms with Crippen LogP contribution in [0.25, 0.3) is 10.9 Å². The molecule has 0 saturated carbocycles. The van der Waals surface area contributed by atoms with Crippen molar-refractivity contribution in [2.24, 2.45) is 0 Å². The number of pyridine rings is 1. The Morgan fingerprint density at radius 2 is 1.86 bits per heavy atom. The minimum atomic E-state index is -0.447. The molecule has 0 aliphatic heterocycles. The predicted octanol–water partition coefficient (Wildman–Crippen LogP) is 1.48. The third-order valence-corrected chi connectivity index (χ3v) is 3.70. The molecule has 0 bridgehead atoms. The SMILES string of the molecule is CC(=N)c1ccc(=N)n(C(=N)Cc2cc3cccnc3cc2F)n1.OCCO. The monoisotopic (exact) mass is 384 g/mol. The lowest BCUT2D eigenvalue weighted by Gasteiger charge is -2.10. The molecule has 2 heterocycles. The summed E-state index contributed by atoms with van der Waals surface area (Å²) in [6.45, 7) is 1.33. The summed E-state index contributed by atoms with van der Waals surface area (Å²) >= 11 is 0. The molecule has 0 unspecified atom stereocenters. The number of hydrogen-bond acceptors (Lipinski definition) is 7. The summed E-state index contributed by atoms with van der Waals surface area (Å²) in [6.07, 6.45) is 1.58. The quantitative estimate of drug-likeness (QED) is 0.343. The van der Waals surface area contributed by atoms with Crippen LogP contribution in [0, 0.1) is 22.0 Å². The van der Waals surface area contributed by atoms with Crippen LogP contribution in [0.4, 0.5) is 4.39 Å². The van der Waals surface area contributed by atoms with Crippen molar-refractivity contribution in [1.82, 2.24) is 14.8 Å². The van der Waals surface area contributed by atoms with E-state index in [4.69, 9.17) is 26.4 Å². The van der Waals surface area contributed by atoms with Gasteiger partial charge in [0.1, 0.15) is 22.8 Å². The normalized spacial score (nSPS) is 10.3. The molecule has 28 heavy (non-hydrogen) atoms. The van der Waals surface area contributed by atoms with Gasteiger partial charge in [0.15, 0.2) is 0 Å². The molecule has 9 heteroatoms. The maximum Gasteiger partial charge on any atom is 0.148 e. The van der Waals surface area contributed by atoms with E-state index in [1.807, 2.05) is 6.07 Å². The third-order valence-electron chi connectivity index (χ3n) is 3.70. The first-order valence-electron chi connectivity index (χ1n) is 8.40. The topological polar surface area (TPSA) is 143 Å². The number of aliphatic hydroxyl groups is 2. The highest BCUT2D eigenvalue weighted by atomic mass is 19.1. The summed E-state index contributed by atoms with van der Waals surface area (Å²) in [5.74, 6) is -0.484. The van der Waals surface area contributed by atoms with Crippen LogP contribution in [0.5, 0.6) is 0 Å². The van der Waals surface area contributed by atoms with Gasteiger partial charge in [-0.15, -0.1) is 0 Å². The molecule has 8 nitrogen and oxygen atoms in total. The lowest BCUT2D eigenvalue weighted by atomic mass is 10.1. The second kappa shape index (κ2) is 9.58. The number of halogens is 1. The van der Waals surface area contributed by atoms with Crippen LogP contribution in [0.15, 0.2) is 42.6 Å². The predicted molar refractivity (Wildman–Crippen MR) is 103 cm³/mol. The molecule has 3 aromatic rings. The highest BCUT2D eigenvalue weighted by Crippen LogP contribution is 2.18.